The number of nitrogens with zero attached hydrogens (tertiary/aromatic N) is 1. The van der Waals surface area contributed by atoms with E-state index >= 15 is 0 Å². The van der Waals surface area contributed by atoms with Crippen LogP contribution in [0.5, 0.6) is 5.75 Å². The molecule has 164 valence electrons. The summed E-state index contributed by atoms with van der Waals surface area (Å²) >= 11 is 0. The molecule has 3 saturated heterocycles. The second-order valence-corrected chi connectivity index (χ2v) is 8.85. The predicted molar refractivity (Wildman–Crippen MR) is 124 cm³/mol. The van der Waals surface area contributed by atoms with Gasteiger partial charge in [-0.2, -0.15) is 0 Å². The van der Waals surface area contributed by atoms with E-state index in [0.29, 0.717) is 12.2 Å². The lowest BCUT2D eigenvalue weighted by Gasteiger charge is -2.31. The Morgan fingerprint density at radius 2 is 1.28 bits per heavy atom. The Kier molecular flexibility index (Phi) is 5.10. The number of hydrogen-bond donors (Lipinski definition) is 1. The average molecular weight is 430 g/mol. The van der Waals surface area contributed by atoms with Crippen LogP contribution in [0.2, 0.25) is 0 Å². The standard InChI is InChI=1S/C27H27NO4/c29-25-12-23(18-7-3-1-4-8-18)26(19-9-5-2-6-10-19)27(24(25)11-20-15-30-20)28(13-21-16-31-21)14-22-17-32-22/h1-10,12,20-22,29H,11,13-17H2/t20?,21-,22?/m0/s1. The van der Waals surface area contributed by atoms with Gasteiger partial charge in [0.15, 0.2) is 0 Å². The molecule has 0 aliphatic carbocycles. The highest BCUT2D eigenvalue weighted by Gasteiger charge is 2.36. The quantitative estimate of drug-likeness (QED) is 0.515. The Morgan fingerprint density at radius 3 is 1.81 bits per heavy atom. The Labute approximate surface area is 188 Å². The van der Waals surface area contributed by atoms with Crippen LogP contribution in [0.3, 0.4) is 0 Å². The van der Waals surface area contributed by atoms with E-state index in [1.807, 2.05) is 30.3 Å². The van der Waals surface area contributed by atoms with Crippen molar-refractivity contribution in [2.24, 2.45) is 0 Å². The van der Waals surface area contributed by atoms with E-state index in [-0.39, 0.29) is 18.3 Å². The van der Waals surface area contributed by atoms with Gasteiger partial charge < -0.3 is 24.2 Å². The van der Waals surface area contributed by atoms with Gasteiger partial charge in [-0.25, -0.2) is 0 Å². The van der Waals surface area contributed by atoms with Crippen LogP contribution >= 0.6 is 0 Å². The zero-order valence-electron chi connectivity index (χ0n) is 17.9. The minimum absolute atomic E-state index is 0.169. The molecule has 0 radical (unpaired) electrons. The molecule has 2 unspecified atom stereocenters. The van der Waals surface area contributed by atoms with Crippen molar-refractivity contribution < 1.29 is 19.3 Å². The fourth-order valence-corrected chi connectivity index (χ4v) is 4.50. The van der Waals surface area contributed by atoms with E-state index in [4.69, 9.17) is 14.2 Å². The van der Waals surface area contributed by atoms with E-state index in [2.05, 4.69) is 41.3 Å². The molecule has 0 saturated carbocycles. The van der Waals surface area contributed by atoms with Crippen molar-refractivity contribution in [2.45, 2.75) is 24.7 Å². The number of phenols is 1. The maximum absolute atomic E-state index is 11.3. The summed E-state index contributed by atoms with van der Waals surface area (Å²) in [5.41, 5.74) is 6.43. The zero-order valence-corrected chi connectivity index (χ0v) is 17.9. The lowest BCUT2D eigenvalue weighted by atomic mass is 9.88. The number of rotatable bonds is 9. The molecule has 0 aromatic heterocycles. The number of ether oxygens (including phenoxy) is 3. The minimum Gasteiger partial charge on any atom is -0.508 e. The molecule has 3 aromatic rings. The lowest BCUT2D eigenvalue weighted by molar-refractivity contribution is 0.387. The molecule has 5 heteroatoms. The van der Waals surface area contributed by atoms with Crippen LogP contribution in [-0.2, 0) is 20.6 Å². The van der Waals surface area contributed by atoms with Gasteiger partial charge in [-0.3, -0.25) is 0 Å². The molecule has 3 aromatic carbocycles. The molecular weight excluding hydrogens is 402 g/mol. The average Bonchev–Trinajstić information content (AvgIpc) is 3.67. The topological polar surface area (TPSA) is 61.1 Å². The van der Waals surface area contributed by atoms with E-state index in [9.17, 15) is 5.11 Å². The van der Waals surface area contributed by atoms with Crippen molar-refractivity contribution >= 4 is 5.69 Å². The minimum atomic E-state index is 0.169. The summed E-state index contributed by atoms with van der Waals surface area (Å²) in [6, 6.07) is 22.7. The molecule has 1 N–H and O–H groups in total. The molecule has 0 spiro atoms. The smallest absolute Gasteiger partial charge is 0.121 e. The predicted octanol–water partition coefficient (Wildman–Crippen LogP) is 4.27. The molecular formula is C27H27NO4. The Morgan fingerprint density at radius 1 is 0.750 bits per heavy atom. The second-order valence-electron chi connectivity index (χ2n) is 8.85. The first-order chi connectivity index (χ1) is 15.8. The van der Waals surface area contributed by atoms with E-state index in [0.717, 1.165) is 66.4 Å². The summed E-state index contributed by atoms with van der Waals surface area (Å²) in [5.74, 6) is 0.326. The van der Waals surface area contributed by atoms with E-state index in [1.54, 1.807) is 0 Å². The van der Waals surface area contributed by atoms with Crippen molar-refractivity contribution in [1.82, 2.24) is 0 Å². The Bertz CT molecular complexity index is 1080. The van der Waals surface area contributed by atoms with Crippen molar-refractivity contribution in [2.75, 3.05) is 37.8 Å². The molecule has 3 heterocycles. The normalized spacial score (nSPS) is 23.1. The van der Waals surface area contributed by atoms with Gasteiger partial charge in [-0.05, 0) is 22.8 Å². The highest BCUT2D eigenvalue weighted by molar-refractivity contribution is 5.95. The number of phenolic OH excluding ortho intramolecular Hbond substituents is 1. The summed E-state index contributed by atoms with van der Waals surface area (Å²) in [5, 5.41) is 11.3. The molecule has 0 bridgehead atoms. The molecule has 0 amide bonds. The van der Waals surface area contributed by atoms with Crippen LogP contribution in [0, 0.1) is 0 Å². The fraction of sp³-hybridized carbons (Fsp3) is 0.333. The first kappa shape index (κ1) is 19.8. The maximum atomic E-state index is 11.3. The second kappa shape index (κ2) is 8.24. The van der Waals surface area contributed by atoms with Gasteiger partial charge in [0, 0.05) is 30.6 Å². The van der Waals surface area contributed by atoms with E-state index < -0.39 is 0 Å². The van der Waals surface area contributed by atoms with Crippen LogP contribution in [0.25, 0.3) is 22.3 Å². The van der Waals surface area contributed by atoms with Crippen LogP contribution in [0.4, 0.5) is 5.69 Å². The van der Waals surface area contributed by atoms with Crippen molar-refractivity contribution in [1.29, 1.82) is 0 Å². The summed E-state index contributed by atoms with van der Waals surface area (Å²) in [4.78, 5) is 2.38. The third-order valence-corrected chi connectivity index (χ3v) is 6.33. The molecule has 32 heavy (non-hydrogen) atoms. The van der Waals surface area contributed by atoms with Crippen molar-refractivity contribution in [3.8, 4) is 28.0 Å². The summed E-state index contributed by atoms with van der Waals surface area (Å²) in [6.07, 6.45) is 1.32. The van der Waals surface area contributed by atoms with Gasteiger partial charge in [-0.15, -0.1) is 0 Å². The summed E-state index contributed by atoms with van der Waals surface area (Å²) < 4.78 is 16.8. The number of anilines is 1. The largest absolute Gasteiger partial charge is 0.508 e. The number of benzene rings is 3. The highest BCUT2D eigenvalue weighted by Crippen LogP contribution is 2.47. The summed E-state index contributed by atoms with van der Waals surface area (Å²) in [6.45, 7) is 3.89. The van der Waals surface area contributed by atoms with Crippen LogP contribution in [0.15, 0.2) is 66.7 Å². The highest BCUT2D eigenvalue weighted by atomic mass is 16.6. The van der Waals surface area contributed by atoms with E-state index in [1.165, 1.54) is 0 Å². The molecule has 3 atom stereocenters. The first-order valence-corrected chi connectivity index (χ1v) is 11.4. The Balaban J connectivity index is 1.59. The van der Waals surface area contributed by atoms with Gasteiger partial charge in [-0.1, -0.05) is 60.7 Å². The molecule has 3 fully saturated rings. The van der Waals surface area contributed by atoms with Crippen LogP contribution in [0.1, 0.15) is 5.56 Å². The van der Waals surface area contributed by atoms with Gasteiger partial charge in [0.25, 0.3) is 0 Å². The van der Waals surface area contributed by atoms with Gasteiger partial charge >= 0.3 is 0 Å². The SMILES string of the molecule is Oc1cc(-c2ccccc2)c(-c2ccccc2)c(N(CC2CO2)C[C@H]2CO2)c1CC1CO1. The number of hydrogen-bond acceptors (Lipinski definition) is 5. The molecule has 6 rings (SSSR count). The number of aromatic hydroxyl groups is 1. The molecule has 3 aliphatic rings. The summed E-state index contributed by atoms with van der Waals surface area (Å²) in [7, 11) is 0. The van der Waals surface area contributed by atoms with Crippen LogP contribution in [-0.4, -0.2) is 56.3 Å². The third-order valence-electron chi connectivity index (χ3n) is 6.33. The maximum Gasteiger partial charge on any atom is 0.121 e. The third kappa shape index (κ3) is 4.24. The molecule has 5 nitrogen and oxygen atoms in total. The van der Waals surface area contributed by atoms with Crippen LogP contribution < -0.4 is 4.90 Å². The molecule has 3 aliphatic heterocycles. The fourth-order valence-electron chi connectivity index (χ4n) is 4.50. The monoisotopic (exact) mass is 429 g/mol. The zero-order chi connectivity index (χ0) is 21.5. The lowest BCUT2D eigenvalue weighted by Crippen LogP contribution is -2.33. The van der Waals surface area contributed by atoms with Gasteiger partial charge in [0.1, 0.15) is 5.75 Å². The van der Waals surface area contributed by atoms with Crippen molar-refractivity contribution in [3.63, 3.8) is 0 Å². The van der Waals surface area contributed by atoms with Gasteiger partial charge in [0.2, 0.25) is 0 Å². The number of epoxide rings is 3. The van der Waals surface area contributed by atoms with Gasteiger partial charge in [0.05, 0.1) is 43.8 Å². The first-order valence-electron chi connectivity index (χ1n) is 11.4. The van der Waals surface area contributed by atoms with Crippen molar-refractivity contribution in [3.05, 3.63) is 72.3 Å². The Hall–Kier alpha value is -2.86.